The second-order valence-corrected chi connectivity index (χ2v) is 8.11. The van der Waals surface area contributed by atoms with Crippen LogP contribution in [0.2, 0.25) is 0 Å². The molecule has 1 aromatic carbocycles. The summed E-state index contributed by atoms with van der Waals surface area (Å²) in [6.45, 7) is 4.27. The third-order valence-electron chi connectivity index (χ3n) is 4.90. The Labute approximate surface area is 194 Å². The maximum atomic E-state index is 13.6. The second-order valence-electron chi connectivity index (χ2n) is 8.11. The van der Waals surface area contributed by atoms with Crippen molar-refractivity contribution in [3.8, 4) is 17.1 Å². The zero-order valence-electron chi connectivity index (χ0n) is 18.8. The fourth-order valence-corrected chi connectivity index (χ4v) is 3.40. The van der Waals surface area contributed by atoms with E-state index in [0.717, 1.165) is 12.1 Å². The lowest BCUT2D eigenvalue weighted by Crippen LogP contribution is -2.45. The molecule has 3 rings (SSSR count). The average molecular weight is 508 g/mol. The van der Waals surface area contributed by atoms with Crippen molar-refractivity contribution in [3.05, 3.63) is 45.1 Å². The minimum atomic E-state index is -5.81. The van der Waals surface area contributed by atoms with Crippen LogP contribution >= 0.6 is 0 Å². The maximum Gasteiger partial charge on any atom is 0.439 e. The number of methoxy groups -OCH3 is 1. The summed E-state index contributed by atoms with van der Waals surface area (Å²) >= 11 is 0. The van der Waals surface area contributed by atoms with Gasteiger partial charge >= 0.3 is 18.0 Å². The summed E-state index contributed by atoms with van der Waals surface area (Å²) in [5.41, 5.74) is -0.912. The molecule has 0 saturated carbocycles. The van der Waals surface area contributed by atoms with Gasteiger partial charge in [-0.05, 0) is 30.2 Å². The summed E-state index contributed by atoms with van der Waals surface area (Å²) < 4.78 is 89.1. The molecule has 1 N–H and O–H groups in total. The lowest BCUT2D eigenvalue weighted by atomic mass is 10.2. The number of nitrogens with one attached hydrogen (secondary N) is 1. The number of ether oxygens (including phenoxy) is 2. The number of halogens is 6. The van der Waals surface area contributed by atoms with Gasteiger partial charge in [-0.25, -0.2) is 14.2 Å². The van der Waals surface area contributed by atoms with E-state index in [1.165, 1.54) is 28.4 Å². The number of imidazole rings is 1. The number of hydrogen-bond acceptors (Lipinski definition) is 5. The van der Waals surface area contributed by atoms with Gasteiger partial charge in [0, 0.05) is 25.8 Å². The highest BCUT2D eigenvalue weighted by atomic mass is 19.4. The van der Waals surface area contributed by atoms with Crippen LogP contribution < -0.4 is 16.0 Å². The van der Waals surface area contributed by atoms with Gasteiger partial charge in [0.15, 0.2) is 11.2 Å². The molecule has 1 atom stereocenters. The van der Waals surface area contributed by atoms with Crippen LogP contribution in [-0.2, 0) is 17.8 Å². The Kier molecular flexibility index (Phi) is 7.34. The third-order valence-corrected chi connectivity index (χ3v) is 4.90. The molecule has 0 aliphatic carbocycles. The minimum absolute atomic E-state index is 0.0310. The smallest absolute Gasteiger partial charge is 0.430 e. The Bertz CT molecular complexity index is 1290. The van der Waals surface area contributed by atoms with Crippen molar-refractivity contribution < 1.29 is 35.8 Å². The Hall–Kier alpha value is -3.29. The van der Waals surface area contributed by atoms with E-state index in [2.05, 4.69) is 14.7 Å². The predicted octanol–water partition coefficient (Wildman–Crippen LogP) is 3.73. The van der Waals surface area contributed by atoms with Crippen LogP contribution in [0.4, 0.5) is 26.3 Å². The number of H-pyrrole nitrogens is 1. The van der Waals surface area contributed by atoms with Crippen LogP contribution in [-0.4, -0.2) is 51.3 Å². The van der Waals surface area contributed by atoms with Crippen LogP contribution in [0.3, 0.4) is 0 Å². The number of aromatic nitrogens is 4. The van der Waals surface area contributed by atoms with Gasteiger partial charge in [0.1, 0.15) is 11.6 Å². The first-order valence-corrected chi connectivity index (χ1v) is 10.4. The van der Waals surface area contributed by atoms with Crippen molar-refractivity contribution in [3.63, 3.8) is 0 Å². The van der Waals surface area contributed by atoms with Crippen molar-refractivity contribution >= 4 is 11.2 Å². The Morgan fingerprint density at radius 3 is 2.23 bits per heavy atom. The SMILES string of the molecule is COCCn1c(-c2ccc(OC(F)(F)[C@@H](F)C(F)(F)F)cc2)nc2c1c(=O)[nH]c(=O)n2CC(C)C. The monoisotopic (exact) mass is 508 g/mol. The molecule has 0 spiro atoms. The average Bonchev–Trinajstić information content (AvgIpc) is 3.14. The molecule has 14 heteroatoms. The van der Waals surface area contributed by atoms with E-state index in [4.69, 9.17) is 4.74 Å². The van der Waals surface area contributed by atoms with Gasteiger partial charge < -0.3 is 14.0 Å². The van der Waals surface area contributed by atoms with Crippen molar-refractivity contribution in [1.82, 2.24) is 19.1 Å². The number of nitrogens with zero attached hydrogens (tertiary/aromatic N) is 3. The van der Waals surface area contributed by atoms with Crippen LogP contribution in [0.25, 0.3) is 22.6 Å². The first kappa shape index (κ1) is 26.3. The number of alkyl halides is 6. The van der Waals surface area contributed by atoms with E-state index in [-0.39, 0.29) is 48.2 Å². The number of hydrogen-bond donors (Lipinski definition) is 1. The van der Waals surface area contributed by atoms with Crippen LogP contribution in [0.5, 0.6) is 5.75 Å². The van der Waals surface area contributed by atoms with Gasteiger partial charge in [-0.3, -0.25) is 14.3 Å². The van der Waals surface area contributed by atoms with E-state index in [1.807, 2.05) is 13.8 Å². The zero-order valence-corrected chi connectivity index (χ0v) is 18.8. The summed E-state index contributed by atoms with van der Waals surface area (Å²) in [5.74, 6) is -0.522. The number of benzene rings is 1. The molecule has 2 heterocycles. The van der Waals surface area contributed by atoms with E-state index in [1.54, 1.807) is 0 Å². The fraction of sp³-hybridized carbons (Fsp3) is 0.476. The third kappa shape index (κ3) is 5.52. The van der Waals surface area contributed by atoms with Crippen molar-refractivity contribution in [2.24, 2.45) is 5.92 Å². The summed E-state index contributed by atoms with van der Waals surface area (Å²) in [6.07, 6.45) is -15.5. The molecule has 8 nitrogen and oxygen atoms in total. The highest BCUT2D eigenvalue weighted by Crippen LogP contribution is 2.37. The number of rotatable bonds is 9. The van der Waals surface area contributed by atoms with Crippen molar-refractivity contribution in [2.75, 3.05) is 13.7 Å². The number of fused-ring (bicyclic) bond motifs is 1. The topological polar surface area (TPSA) is 91.1 Å². The minimum Gasteiger partial charge on any atom is -0.430 e. The summed E-state index contributed by atoms with van der Waals surface area (Å²) in [7, 11) is 1.43. The van der Waals surface area contributed by atoms with Crippen molar-refractivity contribution in [2.45, 2.75) is 45.4 Å². The summed E-state index contributed by atoms with van der Waals surface area (Å²) in [5, 5.41) is 0. The van der Waals surface area contributed by atoms with E-state index in [9.17, 15) is 35.9 Å². The van der Waals surface area contributed by atoms with Crippen LogP contribution in [0.15, 0.2) is 33.9 Å². The van der Waals surface area contributed by atoms with Gasteiger partial charge in [0.05, 0.1) is 6.61 Å². The molecule has 3 aromatic rings. The van der Waals surface area contributed by atoms with Crippen LogP contribution in [0.1, 0.15) is 13.8 Å². The summed E-state index contributed by atoms with van der Waals surface area (Å²) in [4.78, 5) is 31.7. The Morgan fingerprint density at radius 1 is 1.06 bits per heavy atom. The van der Waals surface area contributed by atoms with Gasteiger partial charge in [-0.15, -0.1) is 0 Å². The highest BCUT2D eigenvalue weighted by molar-refractivity contribution is 5.77. The largest absolute Gasteiger partial charge is 0.439 e. The zero-order chi connectivity index (χ0) is 26.1. The molecule has 35 heavy (non-hydrogen) atoms. The Morgan fingerprint density at radius 2 is 1.69 bits per heavy atom. The molecule has 0 aliphatic rings. The quantitative estimate of drug-likeness (QED) is 0.445. The molecule has 0 unspecified atom stereocenters. The molecule has 0 bridgehead atoms. The summed E-state index contributed by atoms with van der Waals surface area (Å²) in [6, 6.07) is 4.24. The lowest BCUT2D eigenvalue weighted by molar-refractivity contribution is -0.304. The van der Waals surface area contributed by atoms with E-state index < -0.39 is 35.5 Å². The number of aromatic amines is 1. The first-order chi connectivity index (χ1) is 16.3. The van der Waals surface area contributed by atoms with E-state index in [0.29, 0.717) is 0 Å². The standard InChI is InChI=1S/C21H22F6N4O4/c1-11(2)10-31-16-14(17(32)29-19(31)33)30(8-9-34-3)15(28-16)12-4-6-13(7-5-12)35-21(26,27)18(22)20(23,24)25/h4-7,11,18H,8-10H2,1-3H3,(H,29,32,33)/t18-/m0/s1. The lowest BCUT2D eigenvalue weighted by Gasteiger charge is -2.23. The van der Waals surface area contributed by atoms with Crippen LogP contribution in [0, 0.1) is 5.92 Å². The normalized spacial score (nSPS) is 13.5. The molecule has 192 valence electrons. The van der Waals surface area contributed by atoms with Gasteiger partial charge in [-0.2, -0.15) is 22.0 Å². The van der Waals surface area contributed by atoms with Gasteiger partial charge in [0.25, 0.3) is 11.7 Å². The molecule has 2 aromatic heterocycles. The fourth-order valence-electron chi connectivity index (χ4n) is 3.40. The second kappa shape index (κ2) is 9.76. The first-order valence-electron chi connectivity index (χ1n) is 10.4. The highest BCUT2D eigenvalue weighted by Gasteiger charge is 2.59. The molecule has 0 aliphatic heterocycles. The predicted molar refractivity (Wildman–Crippen MR) is 113 cm³/mol. The molecular formula is C21H22F6N4O4. The van der Waals surface area contributed by atoms with Gasteiger partial charge in [0.2, 0.25) is 0 Å². The molecule has 0 amide bonds. The van der Waals surface area contributed by atoms with E-state index >= 15 is 0 Å². The molecule has 0 saturated heterocycles. The molecular weight excluding hydrogens is 486 g/mol. The molecule has 0 radical (unpaired) electrons. The maximum absolute atomic E-state index is 13.6. The molecule has 0 fully saturated rings. The van der Waals surface area contributed by atoms with Gasteiger partial charge in [-0.1, -0.05) is 13.8 Å². The Balaban J connectivity index is 2.08. The van der Waals surface area contributed by atoms with Crippen molar-refractivity contribution in [1.29, 1.82) is 0 Å².